The van der Waals surface area contributed by atoms with Gasteiger partial charge in [-0.2, -0.15) is 0 Å². The average Bonchev–Trinajstić information content (AvgIpc) is 2.18. The molecule has 2 nitrogen and oxygen atoms in total. The lowest BCUT2D eigenvalue weighted by atomic mass is 9.88. The first kappa shape index (κ1) is 9.59. The Kier molecular flexibility index (Phi) is 2.77. The van der Waals surface area contributed by atoms with Crippen molar-refractivity contribution >= 4 is 17.9 Å². The van der Waals surface area contributed by atoms with Crippen LogP contribution in [-0.2, 0) is 6.42 Å². The monoisotopic (exact) mass is 207 g/mol. The summed E-state index contributed by atoms with van der Waals surface area (Å²) in [5.41, 5.74) is 2.60. The molecule has 14 heavy (non-hydrogen) atoms. The Balaban J connectivity index is 2.26. The molecule has 1 aromatic rings. The van der Waals surface area contributed by atoms with E-state index in [2.05, 4.69) is 30.1 Å². The van der Waals surface area contributed by atoms with Crippen LogP contribution < -0.4 is 5.32 Å². The summed E-state index contributed by atoms with van der Waals surface area (Å²) in [6.07, 6.45) is 3.27. The van der Waals surface area contributed by atoms with Gasteiger partial charge >= 0.3 is 0 Å². The van der Waals surface area contributed by atoms with Gasteiger partial charge in [0.25, 0.3) is 5.24 Å². The average molecular weight is 207 g/mol. The van der Waals surface area contributed by atoms with E-state index in [4.69, 9.17) is 0 Å². The molecule has 0 radical (unpaired) electrons. The van der Waals surface area contributed by atoms with Gasteiger partial charge in [-0.3, -0.25) is 4.79 Å². The Morgan fingerprint density at radius 3 is 3.00 bits per heavy atom. The van der Waals surface area contributed by atoms with Crippen molar-refractivity contribution in [1.82, 2.24) is 5.32 Å². The van der Waals surface area contributed by atoms with Gasteiger partial charge in [-0.15, -0.1) is 0 Å². The lowest BCUT2D eigenvalue weighted by Gasteiger charge is -2.25. The lowest BCUT2D eigenvalue weighted by Crippen LogP contribution is -2.26. The maximum absolute atomic E-state index is 10.9. The molecule has 0 aliphatic heterocycles. The summed E-state index contributed by atoms with van der Waals surface area (Å²) < 4.78 is 0. The molecular formula is C11H13NOS. The molecule has 1 aliphatic carbocycles. The summed E-state index contributed by atoms with van der Waals surface area (Å²) in [6.45, 7) is 0. The molecule has 2 rings (SSSR count). The van der Waals surface area contributed by atoms with Gasteiger partial charge in [0.2, 0.25) is 0 Å². The number of hydrogen-bond donors (Lipinski definition) is 2. The number of aryl methyl sites for hydroxylation is 1. The molecule has 0 unspecified atom stereocenters. The summed E-state index contributed by atoms with van der Waals surface area (Å²) in [5.74, 6) is 0. The van der Waals surface area contributed by atoms with Crippen molar-refractivity contribution in [1.29, 1.82) is 0 Å². The number of carbonyl (C=O) groups is 1. The zero-order valence-corrected chi connectivity index (χ0v) is 8.76. The SMILES string of the molecule is O=C(S)N[C@@H]1CCCc2ccccc21. The van der Waals surface area contributed by atoms with Crippen LogP contribution in [0.25, 0.3) is 0 Å². The van der Waals surface area contributed by atoms with Crippen LogP contribution in [0.15, 0.2) is 24.3 Å². The number of fused-ring (bicyclic) bond motifs is 1. The van der Waals surface area contributed by atoms with Crippen molar-refractivity contribution in [2.24, 2.45) is 0 Å². The van der Waals surface area contributed by atoms with Crippen molar-refractivity contribution < 1.29 is 4.79 Å². The first-order valence-electron chi connectivity index (χ1n) is 4.84. The van der Waals surface area contributed by atoms with Crippen molar-refractivity contribution in [2.45, 2.75) is 25.3 Å². The molecule has 0 saturated carbocycles. The topological polar surface area (TPSA) is 29.1 Å². The van der Waals surface area contributed by atoms with Crippen molar-refractivity contribution in [2.75, 3.05) is 0 Å². The molecule has 0 bridgehead atoms. The van der Waals surface area contributed by atoms with E-state index in [-0.39, 0.29) is 11.3 Å². The summed E-state index contributed by atoms with van der Waals surface area (Å²) in [5, 5.41) is 2.62. The zero-order chi connectivity index (χ0) is 9.97. The molecule has 0 saturated heterocycles. The molecule has 3 heteroatoms. The zero-order valence-electron chi connectivity index (χ0n) is 7.86. The summed E-state index contributed by atoms with van der Waals surface area (Å²) >= 11 is 3.75. The van der Waals surface area contributed by atoms with E-state index in [1.165, 1.54) is 11.1 Å². The largest absolute Gasteiger partial charge is 0.340 e. The van der Waals surface area contributed by atoms with E-state index in [1.807, 2.05) is 12.1 Å². The van der Waals surface area contributed by atoms with Crippen LogP contribution in [0.5, 0.6) is 0 Å². The van der Waals surface area contributed by atoms with E-state index in [9.17, 15) is 4.79 Å². The highest BCUT2D eigenvalue weighted by Gasteiger charge is 2.19. The van der Waals surface area contributed by atoms with Crippen LogP contribution in [0, 0.1) is 0 Å². The highest BCUT2D eigenvalue weighted by atomic mass is 32.1. The number of hydrogen-bond acceptors (Lipinski definition) is 1. The van der Waals surface area contributed by atoms with Gasteiger partial charge in [0.1, 0.15) is 0 Å². The molecule has 74 valence electrons. The minimum atomic E-state index is -0.244. The third-order valence-electron chi connectivity index (χ3n) is 2.67. The highest BCUT2D eigenvalue weighted by Crippen LogP contribution is 2.29. The Labute approximate surface area is 89.1 Å². The predicted molar refractivity (Wildman–Crippen MR) is 59.6 cm³/mol. The quantitative estimate of drug-likeness (QED) is 0.681. The van der Waals surface area contributed by atoms with Crippen LogP contribution >= 0.6 is 12.6 Å². The number of thiol groups is 1. The predicted octanol–water partition coefficient (Wildman–Crippen LogP) is 2.70. The Bertz CT molecular complexity index is 351. The molecule has 1 amide bonds. The number of rotatable bonds is 1. The minimum Gasteiger partial charge on any atom is -0.340 e. The Morgan fingerprint density at radius 2 is 2.21 bits per heavy atom. The van der Waals surface area contributed by atoms with Crippen LogP contribution in [0.2, 0.25) is 0 Å². The Morgan fingerprint density at radius 1 is 1.43 bits per heavy atom. The third kappa shape index (κ3) is 1.93. The first-order valence-corrected chi connectivity index (χ1v) is 5.29. The van der Waals surface area contributed by atoms with Crippen molar-refractivity contribution in [3.63, 3.8) is 0 Å². The molecule has 0 aromatic heterocycles. The molecular weight excluding hydrogens is 194 g/mol. The van der Waals surface area contributed by atoms with Crippen LogP contribution in [0.3, 0.4) is 0 Å². The molecule has 0 spiro atoms. The standard InChI is InChI=1S/C11H13NOS/c13-11(14)12-10-7-3-5-8-4-1-2-6-9(8)10/h1-2,4,6,10H,3,5,7H2,(H2,12,13,14)/t10-/m1/s1. The second-order valence-electron chi connectivity index (χ2n) is 3.59. The highest BCUT2D eigenvalue weighted by molar-refractivity contribution is 7.96. The van der Waals surface area contributed by atoms with Gasteiger partial charge in [-0.1, -0.05) is 36.9 Å². The maximum atomic E-state index is 10.9. The first-order chi connectivity index (χ1) is 6.77. The van der Waals surface area contributed by atoms with E-state index in [0.29, 0.717) is 0 Å². The fraction of sp³-hybridized carbons (Fsp3) is 0.364. The van der Waals surface area contributed by atoms with E-state index >= 15 is 0 Å². The van der Waals surface area contributed by atoms with Crippen LogP contribution in [0.1, 0.15) is 30.0 Å². The van der Waals surface area contributed by atoms with E-state index in [0.717, 1.165) is 19.3 Å². The smallest absolute Gasteiger partial charge is 0.276 e. The Hall–Kier alpha value is -0.960. The molecule has 1 atom stereocenters. The van der Waals surface area contributed by atoms with Gasteiger partial charge in [0, 0.05) is 0 Å². The van der Waals surface area contributed by atoms with Gasteiger partial charge in [0.05, 0.1) is 6.04 Å². The van der Waals surface area contributed by atoms with Gasteiger partial charge in [0.15, 0.2) is 0 Å². The van der Waals surface area contributed by atoms with Crippen LogP contribution in [-0.4, -0.2) is 5.24 Å². The second-order valence-corrected chi connectivity index (χ2v) is 4.00. The van der Waals surface area contributed by atoms with Gasteiger partial charge in [-0.25, -0.2) is 0 Å². The summed E-state index contributed by atoms with van der Waals surface area (Å²) in [7, 11) is 0. The fourth-order valence-electron chi connectivity index (χ4n) is 2.05. The number of nitrogens with one attached hydrogen (secondary N) is 1. The van der Waals surface area contributed by atoms with E-state index in [1.54, 1.807) is 0 Å². The normalized spacial score (nSPS) is 19.9. The molecule has 0 heterocycles. The summed E-state index contributed by atoms with van der Waals surface area (Å²) in [4.78, 5) is 10.9. The molecule has 1 N–H and O–H groups in total. The van der Waals surface area contributed by atoms with Gasteiger partial charge < -0.3 is 5.32 Å². The van der Waals surface area contributed by atoms with Crippen LogP contribution in [0.4, 0.5) is 4.79 Å². The van der Waals surface area contributed by atoms with Gasteiger partial charge in [-0.05, 0) is 30.4 Å². The van der Waals surface area contributed by atoms with Crippen molar-refractivity contribution in [3.8, 4) is 0 Å². The maximum Gasteiger partial charge on any atom is 0.276 e. The molecule has 0 fully saturated rings. The minimum absolute atomic E-state index is 0.157. The second kappa shape index (κ2) is 4.05. The number of benzene rings is 1. The number of amides is 1. The lowest BCUT2D eigenvalue weighted by molar-refractivity contribution is 0.256. The van der Waals surface area contributed by atoms with E-state index < -0.39 is 0 Å². The fourth-order valence-corrected chi connectivity index (χ4v) is 2.21. The molecule has 1 aromatic carbocycles. The third-order valence-corrected chi connectivity index (χ3v) is 2.80. The molecule has 1 aliphatic rings. The number of carbonyl (C=O) groups excluding carboxylic acids is 1. The summed E-state index contributed by atoms with van der Waals surface area (Å²) in [6, 6.07) is 8.44. The van der Waals surface area contributed by atoms with Crippen molar-refractivity contribution in [3.05, 3.63) is 35.4 Å².